The van der Waals surface area contributed by atoms with Gasteiger partial charge >= 0.3 is 0 Å². The average molecular weight is 407 g/mol. The number of benzene rings is 2. The number of para-hydroxylation sites is 2. The normalized spacial score (nSPS) is 15.8. The van der Waals surface area contributed by atoms with E-state index < -0.39 is 29.4 Å². The molecule has 8 heteroatoms. The van der Waals surface area contributed by atoms with Crippen molar-refractivity contribution in [1.29, 1.82) is 0 Å². The topological polar surface area (TPSA) is 44.8 Å². The number of piperazine rings is 1. The maximum absolute atomic E-state index is 13.8. The minimum Gasteiger partial charge on any atom is -0.492 e. The van der Waals surface area contributed by atoms with Crippen molar-refractivity contribution in [3.8, 4) is 5.75 Å². The van der Waals surface area contributed by atoms with Gasteiger partial charge in [-0.3, -0.25) is 9.69 Å². The van der Waals surface area contributed by atoms with Gasteiger partial charge in [-0.05, 0) is 38.1 Å². The predicted octanol–water partition coefficient (Wildman–Crippen LogP) is 3.65. The molecule has 0 bridgehead atoms. The van der Waals surface area contributed by atoms with Crippen LogP contribution < -0.4 is 15.0 Å². The summed E-state index contributed by atoms with van der Waals surface area (Å²) in [5.74, 6) is -3.95. The van der Waals surface area contributed by atoms with Crippen molar-refractivity contribution in [1.82, 2.24) is 4.90 Å². The zero-order valence-corrected chi connectivity index (χ0v) is 16.4. The van der Waals surface area contributed by atoms with Gasteiger partial charge in [0.1, 0.15) is 5.75 Å². The highest BCUT2D eigenvalue weighted by atomic mass is 19.2. The van der Waals surface area contributed by atoms with E-state index >= 15 is 0 Å². The summed E-state index contributed by atoms with van der Waals surface area (Å²) in [6, 6.07) is 9.06. The Kier molecular flexibility index (Phi) is 6.64. The molecule has 29 heavy (non-hydrogen) atoms. The Hall–Kier alpha value is -2.74. The second-order valence-corrected chi connectivity index (χ2v) is 6.81. The number of halogens is 3. The predicted molar refractivity (Wildman–Crippen MR) is 106 cm³/mol. The van der Waals surface area contributed by atoms with Gasteiger partial charge in [0, 0.05) is 26.2 Å². The molecule has 0 aliphatic carbocycles. The minimum absolute atomic E-state index is 0.370. The van der Waals surface area contributed by atoms with E-state index in [4.69, 9.17) is 4.74 Å². The van der Waals surface area contributed by atoms with Gasteiger partial charge in [-0.2, -0.15) is 0 Å². The van der Waals surface area contributed by atoms with E-state index in [1.807, 2.05) is 36.1 Å². The van der Waals surface area contributed by atoms with E-state index in [0.717, 1.165) is 23.6 Å². The number of nitrogens with one attached hydrogen (secondary N) is 1. The fourth-order valence-corrected chi connectivity index (χ4v) is 3.37. The number of ether oxygens (including phenoxy) is 1. The van der Waals surface area contributed by atoms with E-state index in [1.54, 1.807) is 6.92 Å². The molecule has 1 N–H and O–H groups in total. The SMILES string of the molecule is CCOc1ccccc1N1CCN([C@H](C)C(=O)Nc2ccc(F)c(F)c2F)CC1. The van der Waals surface area contributed by atoms with Gasteiger partial charge in [-0.15, -0.1) is 0 Å². The minimum atomic E-state index is -1.60. The van der Waals surface area contributed by atoms with Gasteiger partial charge in [0.15, 0.2) is 17.5 Å². The number of anilines is 2. The first-order valence-electron chi connectivity index (χ1n) is 9.57. The highest BCUT2D eigenvalue weighted by Crippen LogP contribution is 2.29. The standard InChI is InChI=1S/C21H24F3N3O2/c1-3-29-18-7-5-4-6-17(18)27-12-10-26(11-13-27)14(2)21(28)25-16-9-8-15(22)19(23)20(16)24/h4-9,14H,3,10-13H2,1-2H3,(H,25,28)/t14-/m1/s1. The van der Waals surface area contributed by atoms with Crippen molar-refractivity contribution < 1.29 is 22.7 Å². The Bertz CT molecular complexity index is 870. The molecule has 1 atom stereocenters. The average Bonchev–Trinajstić information content (AvgIpc) is 2.74. The van der Waals surface area contributed by atoms with Crippen molar-refractivity contribution in [2.45, 2.75) is 19.9 Å². The number of rotatable bonds is 6. The lowest BCUT2D eigenvalue weighted by Crippen LogP contribution is -2.53. The lowest BCUT2D eigenvalue weighted by Gasteiger charge is -2.39. The van der Waals surface area contributed by atoms with Crippen LogP contribution >= 0.6 is 0 Å². The quantitative estimate of drug-likeness (QED) is 0.743. The van der Waals surface area contributed by atoms with Gasteiger partial charge in [0.2, 0.25) is 5.91 Å². The summed E-state index contributed by atoms with van der Waals surface area (Å²) in [5.41, 5.74) is 0.639. The fraction of sp³-hybridized carbons (Fsp3) is 0.381. The summed E-state index contributed by atoms with van der Waals surface area (Å²) in [4.78, 5) is 16.6. The Morgan fingerprint density at radius 2 is 1.76 bits per heavy atom. The maximum atomic E-state index is 13.8. The first-order valence-corrected chi connectivity index (χ1v) is 9.57. The molecule has 1 saturated heterocycles. The number of hydrogen-bond acceptors (Lipinski definition) is 4. The lowest BCUT2D eigenvalue weighted by molar-refractivity contribution is -0.120. The monoisotopic (exact) mass is 407 g/mol. The third-order valence-corrected chi connectivity index (χ3v) is 5.04. The van der Waals surface area contributed by atoms with Crippen LogP contribution in [0.25, 0.3) is 0 Å². The van der Waals surface area contributed by atoms with Crippen molar-refractivity contribution in [3.05, 3.63) is 53.8 Å². The molecule has 1 amide bonds. The first-order chi connectivity index (χ1) is 13.9. The van der Waals surface area contributed by atoms with E-state index in [2.05, 4.69) is 10.2 Å². The third kappa shape index (κ3) is 4.64. The first kappa shape index (κ1) is 21.0. The lowest BCUT2D eigenvalue weighted by atomic mass is 10.1. The van der Waals surface area contributed by atoms with Gasteiger partial charge in [0.25, 0.3) is 0 Å². The molecule has 1 heterocycles. The van der Waals surface area contributed by atoms with Crippen LogP contribution in [0.4, 0.5) is 24.5 Å². The summed E-state index contributed by atoms with van der Waals surface area (Å²) >= 11 is 0. The number of amides is 1. The van der Waals surface area contributed by atoms with Gasteiger partial charge in [-0.1, -0.05) is 12.1 Å². The number of carbonyl (C=O) groups excluding carboxylic acids is 1. The number of carbonyl (C=O) groups is 1. The van der Waals surface area contributed by atoms with Gasteiger partial charge in [0.05, 0.1) is 24.0 Å². The van der Waals surface area contributed by atoms with Crippen molar-refractivity contribution >= 4 is 17.3 Å². The van der Waals surface area contributed by atoms with Crippen LogP contribution in [0, 0.1) is 17.5 Å². The molecule has 2 aromatic carbocycles. The Morgan fingerprint density at radius 1 is 1.07 bits per heavy atom. The van der Waals surface area contributed by atoms with Crippen LogP contribution in [0.15, 0.2) is 36.4 Å². The van der Waals surface area contributed by atoms with Crippen molar-refractivity contribution in [2.75, 3.05) is 43.0 Å². The van der Waals surface area contributed by atoms with E-state index in [0.29, 0.717) is 32.8 Å². The summed E-state index contributed by atoms with van der Waals surface area (Å²) in [6.45, 7) is 6.85. The number of hydrogen-bond donors (Lipinski definition) is 1. The summed E-state index contributed by atoms with van der Waals surface area (Å²) in [7, 11) is 0. The molecule has 1 aliphatic rings. The smallest absolute Gasteiger partial charge is 0.241 e. The largest absolute Gasteiger partial charge is 0.492 e. The molecule has 3 rings (SSSR count). The Labute approximate surface area is 168 Å². The van der Waals surface area contributed by atoms with E-state index in [-0.39, 0.29) is 5.69 Å². The van der Waals surface area contributed by atoms with E-state index in [1.165, 1.54) is 0 Å². The molecular formula is C21H24F3N3O2. The van der Waals surface area contributed by atoms with Crippen molar-refractivity contribution in [2.24, 2.45) is 0 Å². The van der Waals surface area contributed by atoms with Crippen LogP contribution in [-0.2, 0) is 4.79 Å². The van der Waals surface area contributed by atoms with Crippen LogP contribution in [-0.4, -0.2) is 49.6 Å². The summed E-state index contributed by atoms with van der Waals surface area (Å²) < 4.78 is 45.9. The zero-order chi connectivity index (χ0) is 21.0. The zero-order valence-electron chi connectivity index (χ0n) is 16.4. The maximum Gasteiger partial charge on any atom is 0.241 e. The molecule has 5 nitrogen and oxygen atoms in total. The third-order valence-electron chi connectivity index (χ3n) is 5.04. The molecule has 0 unspecified atom stereocenters. The van der Waals surface area contributed by atoms with Crippen LogP contribution in [0.2, 0.25) is 0 Å². The molecule has 1 aliphatic heterocycles. The number of nitrogens with zero attached hydrogens (tertiary/aromatic N) is 2. The molecule has 2 aromatic rings. The summed E-state index contributed by atoms with van der Waals surface area (Å²) in [6.07, 6.45) is 0. The fourth-order valence-electron chi connectivity index (χ4n) is 3.37. The Balaban J connectivity index is 1.61. The molecule has 0 aromatic heterocycles. The van der Waals surface area contributed by atoms with Crippen LogP contribution in [0.3, 0.4) is 0 Å². The van der Waals surface area contributed by atoms with E-state index in [9.17, 15) is 18.0 Å². The molecular weight excluding hydrogens is 383 g/mol. The molecule has 0 spiro atoms. The molecule has 1 fully saturated rings. The second-order valence-electron chi connectivity index (χ2n) is 6.81. The highest BCUT2D eigenvalue weighted by molar-refractivity contribution is 5.94. The van der Waals surface area contributed by atoms with Gasteiger partial charge in [-0.25, -0.2) is 13.2 Å². The molecule has 156 valence electrons. The molecule has 0 saturated carbocycles. The van der Waals surface area contributed by atoms with Crippen molar-refractivity contribution in [3.63, 3.8) is 0 Å². The summed E-state index contributed by atoms with van der Waals surface area (Å²) in [5, 5.41) is 2.35. The Morgan fingerprint density at radius 3 is 2.45 bits per heavy atom. The second kappa shape index (κ2) is 9.17. The van der Waals surface area contributed by atoms with Crippen LogP contribution in [0.1, 0.15) is 13.8 Å². The highest BCUT2D eigenvalue weighted by Gasteiger charge is 2.27. The van der Waals surface area contributed by atoms with Gasteiger partial charge < -0.3 is 15.0 Å². The van der Waals surface area contributed by atoms with Crippen LogP contribution in [0.5, 0.6) is 5.75 Å². The molecule has 0 radical (unpaired) electrons.